The Kier molecular flexibility index (Phi) is 8.84. The maximum absolute atomic E-state index is 14.3. The Balaban J connectivity index is 1.34. The standard InChI is InChI=1S/C38H49NO6/c1-24(40)45-38(34(42)23-44-35(43)18-9-25-7-5-6-8-25)20-19-33-31-16-12-27-21-29(41)15-17-30(27)36(31)32(22-37(33,38)2)26-10-13-28(14-11-26)39(3)4/h10-11,13-14,21,25,31-33H,5-9,12,15-20,22-23H2,1-4H3/t31-,32?,33-,37-,38-/m0/s1. The number of allylic oxidation sites excluding steroid dienone is 4. The minimum absolute atomic E-state index is 0.0224. The third-order valence-electron chi connectivity index (χ3n) is 12.0. The Labute approximate surface area is 267 Å². The van der Waals surface area contributed by atoms with E-state index in [0.29, 0.717) is 31.6 Å². The van der Waals surface area contributed by atoms with E-state index in [9.17, 15) is 19.2 Å². The quantitative estimate of drug-likeness (QED) is 0.275. The molecule has 0 radical (unpaired) electrons. The third kappa shape index (κ3) is 5.81. The number of carbonyl (C=O) groups excluding carboxylic acids is 4. The van der Waals surface area contributed by atoms with E-state index in [1.807, 2.05) is 20.2 Å². The number of fused-ring (bicyclic) bond motifs is 4. The van der Waals surface area contributed by atoms with Gasteiger partial charge in [0.15, 0.2) is 18.0 Å². The molecule has 7 heteroatoms. The summed E-state index contributed by atoms with van der Waals surface area (Å²) in [6, 6.07) is 8.66. The van der Waals surface area contributed by atoms with Crippen LogP contribution in [0.25, 0.3) is 0 Å². The molecular formula is C38H49NO6. The number of nitrogens with zero attached hydrogens (tertiary/aromatic N) is 1. The highest BCUT2D eigenvalue weighted by molar-refractivity contribution is 5.94. The zero-order valence-corrected chi connectivity index (χ0v) is 27.5. The molecule has 3 saturated carbocycles. The van der Waals surface area contributed by atoms with Gasteiger partial charge in [-0.2, -0.15) is 0 Å². The van der Waals surface area contributed by atoms with E-state index < -0.39 is 17.0 Å². The molecule has 0 aliphatic heterocycles. The molecule has 0 aromatic heterocycles. The molecule has 5 aliphatic rings. The number of hydrogen-bond acceptors (Lipinski definition) is 7. The summed E-state index contributed by atoms with van der Waals surface area (Å²) in [5, 5.41) is 0. The van der Waals surface area contributed by atoms with Gasteiger partial charge in [-0.3, -0.25) is 19.2 Å². The molecule has 1 aromatic carbocycles. The lowest BCUT2D eigenvalue weighted by Crippen LogP contribution is -2.58. The van der Waals surface area contributed by atoms with E-state index in [1.54, 1.807) is 0 Å². The first-order valence-corrected chi connectivity index (χ1v) is 17.1. The molecule has 0 spiro atoms. The summed E-state index contributed by atoms with van der Waals surface area (Å²) in [6.45, 7) is 3.16. The van der Waals surface area contributed by atoms with Crippen molar-refractivity contribution in [2.24, 2.45) is 23.2 Å². The number of benzene rings is 1. The van der Waals surface area contributed by atoms with E-state index in [1.165, 1.54) is 42.0 Å². The van der Waals surface area contributed by atoms with Crippen LogP contribution in [-0.4, -0.2) is 49.8 Å². The predicted octanol–water partition coefficient (Wildman–Crippen LogP) is 7.04. The minimum atomic E-state index is -1.36. The van der Waals surface area contributed by atoms with Gasteiger partial charge in [0.1, 0.15) is 0 Å². The lowest BCUT2D eigenvalue weighted by molar-refractivity contribution is -0.186. The summed E-state index contributed by atoms with van der Waals surface area (Å²) in [5.74, 6) is 0.0357. The Morgan fingerprint density at radius 2 is 1.71 bits per heavy atom. The fraction of sp³-hybridized carbons (Fsp3) is 0.632. The van der Waals surface area contributed by atoms with E-state index in [4.69, 9.17) is 9.47 Å². The molecule has 0 amide bonds. The number of carbonyl (C=O) groups is 4. The van der Waals surface area contributed by atoms with Crippen molar-refractivity contribution in [3.8, 4) is 0 Å². The van der Waals surface area contributed by atoms with E-state index in [2.05, 4.69) is 36.1 Å². The van der Waals surface area contributed by atoms with Gasteiger partial charge in [-0.1, -0.05) is 50.3 Å². The van der Waals surface area contributed by atoms with Crippen LogP contribution < -0.4 is 4.90 Å². The topological polar surface area (TPSA) is 90.0 Å². The normalized spacial score (nSPS) is 31.1. The summed E-state index contributed by atoms with van der Waals surface area (Å²) in [5.41, 5.74) is 4.23. The van der Waals surface area contributed by atoms with Crippen LogP contribution in [0.2, 0.25) is 0 Å². The van der Waals surface area contributed by atoms with Gasteiger partial charge in [0.25, 0.3) is 0 Å². The first-order chi connectivity index (χ1) is 21.5. The van der Waals surface area contributed by atoms with Crippen molar-refractivity contribution >= 4 is 29.2 Å². The zero-order valence-electron chi connectivity index (χ0n) is 27.5. The van der Waals surface area contributed by atoms with Crippen LogP contribution in [0, 0.1) is 23.2 Å². The van der Waals surface area contributed by atoms with Gasteiger partial charge >= 0.3 is 11.9 Å². The van der Waals surface area contributed by atoms with E-state index >= 15 is 0 Å². The van der Waals surface area contributed by atoms with Gasteiger partial charge < -0.3 is 14.4 Å². The van der Waals surface area contributed by atoms with Crippen molar-refractivity contribution in [3.05, 3.63) is 52.6 Å². The molecule has 1 unspecified atom stereocenters. The predicted molar refractivity (Wildman–Crippen MR) is 173 cm³/mol. The molecule has 0 N–H and O–H groups in total. The molecule has 242 valence electrons. The van der Waals surface area contributed by atoms with E-state index in [-0.39, 0.29) is 41.9 Å². The second-order valence-electron chi connectivity index (χ2n) is 14.7. The van der Waals surface area contributed by atoms with Crippen molar-refractivity contribution in [2.75, 3.05) is 25.6 Å². The van der Waals surface area contributed by atoms with Crippen LogP contribution in [0.4, 0.5) is 5.69 Å². The first kappa shape index (κ1) is 31.7. The molecule has 0 saturated heterocycles. The molecule has 5 aliphatic carbocycles. The molecule has 0 bridgehead atoms. The summed E-state index contributed by atoms with van der Waals surface area (Å²) in [6.07, 6.45) is 12.6. The summed E-state index contributed by atoms with van der Waals surface area (Å²) < 4.78 is 11.8. The monoisotopic (exact) mass is 615 g/mol. The maximum Gasteiger partial charge on any atom is 0.306 e. The lowest BCUT2D eigenvalue weighted by Gasteiger charge is -2.55. The molecule has 0 heterocycles. The van der Waals surface area contributed by atoms with Gasteiger partial charge in [-0.25, -0.2) is 0 Å². The van der Waals surface area contributed by atoms with Crippen LogP contribution in [0.5, 0.6) is 0 Å². The molecule has 7 nitrogen and oxygen atoms in total. The lowest BCUT2D eigenvalue weighted by atomic mass is 9.50. The molecule has 3 fully saturated rings. The number of ketones is 2. The van der Waals surface area contributed by atoms with Crippen molar-refractivity contribution < 1.29 is 28.7 Å². The number of esters is 2. The highest BCUT2D eigenvalue weighted by Gasteiger charge is 2.68. The molecule has 1 aromatic rings. The summed E-state index contributed by atoms with van der Waals surface area (Å²) >= 11 is 0. The fourth-order valence-electron chi connectivity index (χ4n) is 9.84. The van der Waals surface area contributed by atoms with Crippen molar-refractivity contribution in [2.45, 2.75) is 109 Å². The van der Waals surface area contributed by atoms with Crippen molar-refractivity contribution in [1.29, 1.82) is 0 Å². The van der Waals surface area contributed by atoms with Gasteiger partial charge in [-0.05, 0) is 97.6 Å². The average Bonchev–Trinajstić information content (AvgIpc) is 3.64. The fourth-order valence-corrected chi connectivity index (χ4v) is 9.84. The smallest absolute Gasteiger partial charge is 0.306 e. The largest absolute Gasteiger partial charge is 0.457 e. The third-order valence-corrected chi connectivity index (χ3v) is 12.0. The van der Waals surface area contributed by atoms with Gasteiger partial charge in [0.2, 0.25) is 5.78 Å². The molecule has 5 atom stereocenters. The molecular weight excluding hydrogens is 566 g/mol. The Morgan fingerprint density at radius 3 is 2.40 bits per heavy atom. The van der Waals surface area contributed by atoms with E-state index in [0.717, 1.165) is 50.6 Å². The number of hydrogen-bond donors (Lipinski definition) is 0. The van der Waals surface area contributed by atoms with Gasteiger partial charge in [0, 0.05) is 50.9 Å². The van der Waals surface area contributed by atoms with Crippen LogP contribution >= 0.6 is 0 Å². The minimum Gasteiger partial charge on any atom is -0.457 e. The highest BCUT2D eigenvalue weighted by Crippen LogP contribution is 2.68. The Hall–Kier alpha value is -3.22. The maximum atomic E-state index is 14.3. The van der Waals surface area contributed by atoms with Gasteiger partial charge in [-0.15, -0.1) is 0 Å². The molecule has 6 rings (SSSR count). The van der Waals surface area contributed by atoms with Crippen LogP contribution in [0.1, 0.15) is 109 Å². The van der Waals surface area contributed by atoms with Gasteiger partial charge in [0.05, 0.1) is 0 Å². The Bertz CT molecular complexity index is 1420. The van der Waals surface area contributed by atoms with Crippen LogP contribution in [0.15, 0.2) is 47.1 Å². The highest BCUT2D eigenvalue weighted by atomic mass is 16.6. The summed E-state index contributed by atoms with van der Waals surface area (Å²) in [7, 11) is 4.05. The number of rotatable bonds is 9. The average molecular weight is 616 g/mol. The summed E-state index contributed by atoms with van der Waals surface area (Å²) in [4.78, 5) is 54.3. The van der Waals surface area contributed by atoms with Crippen molar-refractivity contribution in [3.63, 3.8) is 0 Å². The number of anilines is 1. The second kappa shape index (κ2) is 12.5. The van der Waals surface area contributed by atoms with Crippen LogP contribution in [0.3, 0.4) is 0 Å². The number of ether oxygens (including phenoxy) is 2. The van der Waals surface area contributed by atoms with Crippen LogP contribution in [-0.2, 0) is 28.7 Å². The zero-order chi connectivity index (χ0) is 31.9. The SMILES string of the molecule is CC(=O)O[C@]1(C(=O)COC(=O)CCC2CCCC2)CC[C@H]2[C@@H]3CCC4=CC(=O)CCC4=C3C(c3ccc(N(C)C)cc3)C[C@@]21C. The number of Topliss-reactive ketones (excluding diaryl/α,β-unsaturated/α-hetero) is 1. The molecule has 45 heavy (non-hydrogen) atoms. The second-order valence-corrected chi connectivity index (χ2v) is 14.7. The Morgan fingerprint density at radius 1 is 0.978 bits per heavy atom. The van der Waals surface area contributed by atoms with Crippen molar-refractivity contribution in [1.82, 2.24) is 0 Å². The first-order valence-electron chi connectivity index (χ1n) is 17.1.